The third kappa shape index (κ3) is 9.92. The molecule has 0 aliphatic heterocycles. The van der Waals surface area contributed by atoms with Gasteiger partial charge in [-0.1, -0.05) is 27.2 Å². The number of nitrogens with one attached hydrogen (secondary N) is 6. The van der Waals surface area contributed by atoms with Crippen LogP contribution in [0.1, 0.15) is 47.0 Å². The SMILES string of the molecule is CCCCNc1nc(NCCCN(CC)CC)nc(Nc2ccc(N=NC(C(C)=O)C(=O)Nc3ccc4[nH]c(=O)[nH]c4c3)cc2)n1. The van der Waals surface area contributed by atoms with Crippen LogP contribution < -0.4 is 27.0 Å². The average molecular weight is 631 g/mol. The van der Waals surface area contributed by atoms with Crippen LogP contribution in [-0.4, -0.2) is 80.3 Å². The molecule has 0 spiro atoms. The number of aromatic amines is 2. The van der Waals surface area contributed by atoms with E-state index in [9.17, 15) is 14.4 Å². The highest BCUT2D eigenvalue weighted by Gasteiger charge is 2.23. The number of nitrogens with zero attached hydrogens (tertiary/aromatic N) is 6. The second-order valence-electron chi connectivity index (χ2n) is 10.6. The van der Waals surface area contributed by atoms with Crippen molar-refractivity contribution in [2.24, 2.45) is 10.2 Å². The number of unbranched alkanes of at least 4 members (excludes halogenated alkanes) is 1. The molecule has 6 N–H and O–H groups in total. The lowest BCUT2D eigenvalue weighted by Crippen LogP contribution is -2.31. The topological polar surface area (TPSA) is 198 Å². The number of hydrogen-bond donors (Lipinski definition) is 6. The van der Waals surface area contributed by atoms with Gasteiger partial charge >= 0.3 is 5.69 Å². The number of fused-ring (bicyclic) bond motifs is 1. The van der Waals surface area contributed by atoms with E-state index >= 15 is 0 Å². The third-order valence-corrected chi connectivity index (χ3v) is 7.11. The molecule has 1 unspecified atom stereocenters. The second-order valence-corrected chi connectivity index (χ2v) is 10.6. The van der Waals surface area contributed by atoms with Gasteiger partial charge < -0.3 is 36.1 Å². The smallest absolute Gasteiger partial charge is 0.323 e. The van der Waals surface area contributed by atoms with E-state index in [2.05, 4.69) is 82.1 Å². The Morgan fingerprint density at radius 3 is 2.13 bits per heavy atom. The van der Waals surface area contributed by atoms with Gasteiger partial charge in [0.2, 0.25) is 23.9 Å². The normalized spacial score (nSPS) is 12.0. The predicted molar refractivity (Wildman–Crippen MR) is 180 cm³/mol. The molecule has 4 rings (SSSR count). The molecule has 244 valence electrons. The Morgan fingerprint density at radius 2 is 1.48 bits per heavy atom. The number of hydrogen-bond acceptors (Lipinski definition) is 12. The minimum absolute atomic E-state index is 0.355. The zero-order valence-corrected chi connectivity index (χ0v) is 26.7. The van der Waals surface area contributed by atoms with Gasteiger partial charge in [-0.05, 0) is 81.9 Å². The molecule has 0 aliphatic rings. The van der Waals surface area contributed by atoms with E-state index in [1.54, 1.807) is 42.5 Å². The minimum atomic E-state index is -1.35. The van der Waals surface area contributed by atoms with Crippen LogP contribution in [0.3, 0.4) is 0 Å². The molecule has 15 heteroatoms. The Balaban J connectivity index is 1.40. The Hall–Kier alpha value is -5.18. The van der Waals surface area contributed by atoms with Crippen LogP contribution in [0.15, 0.2) is 57.5 Å². The van der Waals surface area contributed by atoms with E-state index in [-0.39, 0.29) is 5.69 Å². The number of carbonyl (C=O) groups is 2. The van der Waals surface area contributed by atoms with E-state index in [0.717, 1.165) is 52.0 Å². The lowest BCUT2D eigenvalue weighted by molar-refractivity contribution is -0.126. The molecule has 0 aliphatic carbocycles. The van der Waals surface area contributed by atoms with Crippen molar-refractivity contribution in [1.82, 2.24) is 29.8 Å². The molecule has 4 aromatic rings. The van der Waals surface area contributed by atoms with Gasteiger partial charge in [-0.25, -0.2) is 4.79 Å². The first-order valence-corrected chi connectivity index (χ1v) is 15.5. The summed E-state index contributed by atoms with van der Waals surface area (Å²) < 4.78 is 0. The van der Waals surface area contributed by atoms with Gasteiger partial charge in [0.15, 0.2) is 5.78 Å². The molecule has 0 fully saturated rings. The molecule has 0 saturated heterocycles. The molecule has 0 radical (unpaired) electrons. The Labute approximate surface area is 267 Å². The minimum Gasteiger partial charge on any atom is -0.354 e. The van der Waals surface area contributed by atoms with Crippen LogP contribution in [0.5, 0.6) is 0 Å². The van der Waals surface area contributed by atoms with Crippen LogP contribution in [-0.2, 0) is 9.59 Å². The van der Waals surface area contributed by atoms with Crippen LogP contribution >= 0.6 is 0 Å². The largest absolute Gasteiger partial charge is 0.354 e. The van der Waals surface area contributed by atoms with Crippen molar-refractivity contribution in [3.8, 4) is 0 Å². The zero-order valence-electron chi connectivity index (χ0n) is 26.7. The number of aromatic nitrogens is 5. The second kappa shape index (κ2) is 16.8. The summed E-state index contributed by atoms with van der Waals surface area (Å²) in [6, 6.07) is 10.5. The van der Waals surface area contributed by atoms with Crippen LogP contribution in [0.4, 0.5) is 34.9 Å². The summed E-state index contributed by atoms with van der Waals surface area (Å²) in [6.45, 7) is 12.2. The van der Waals surface area contributed by atoms with Gasteiger partial charge in [-0.3, -0.25) is 9.59 Å². The highest BCUT2D eigenvalue weighted by Crippen LogP contribution is 2.21. The van der Waals surface area contributed by atoms with Gasteiger partial charge in [0.05, 0.1) is 16.7 Å². The van der Waals surface area contributed by atoms with Gasteiger partial charge in [-0.15, -0.1) is 0 Å². The summed E-state index contributed by atoms with van der Waals surface area (Å²) in [4.78, 5) is 57.8. The van der Waals surface area contributed by atoms with Crippen LogP contribution in [0, 0.1) is 0 Å². The van der Waals surface area contributed by atoms with Crippen LogP contribution in [0.25, 0.3) is 11.0 Å². The summed E-state index contributed by atoms with van der Waals surface area (Å²) >= 11 is 0. The molecule has 1 amide bonds. The molecule has 46 heavy (non-hydrogen) atoms. The first-order valence-electron chi connectivity index (χ1n) is 15.5. The molecule has 0 saturated carbocycles. The summed E-state index contributed by atoms with van der Waals surface area (Å²) in [6.07, 6.45) is 3.01. The zero-order chi connectivity index (χ0) is 32.9. The molecular weight excluding hydrogens is 588 g/mol. The molecule has 2 heterocycles. The first-order chi connectivity index (χ1) is 22.3. The summed E-state index contributed by atoms with van der Waals surface area (Å²) in [5.74, 6) is 0.243. The predicted octanol–water partition coefficient (Wildman–Crippen LogP) is 4.82. The number of rotatable bonds is 18. The lowest BCUT2D eigenvalue weighted by atomic mass is 10.2. The lowest BCUT2D eigenvalue weighted by Gasteiger charge is -2.17. The molecule has 15 nitrogen and oxygen atoms in total. The number of Topliss-reactive ketones (excluding diaryl/α,β-unsaturated/α-hetero) is 1. The number of benzene rings is 2. The van der Waals surface area contributed by atoms with Crippen molar-refractivity contribution >= 4 is 57.6 Å². The van der Waals surface area contributed by atoms with E-state index in [4.69, 9.17) is 0 Å². The molecule has 2 aromatic carbocycles. The Bertz CT molecular complexity index is 1680. The highest BCUT2D eigenvalue weighted by atomic mass is 16.2. The van der Waals surface area contributed by atoms with E-state index in [1.165, 1.54) is 6.92 Å². The van der Waals surface area contributed by atoms with Crippen LogP contribution in [0.2, 0.25) is 0 Å². The van der Waals surface area contributed by atoms with E-state index in [1.807, 2.05) is 0 Å². The van der Waals surface area contributed by atoms with Crippen molar-refractivity contribution in [2.75, 3.05) is 54.0 Å². The third-order valence-electron chi connectivity index (χ3n) is 7.11. The van der Waals surface area contributed by atoms with Crippen molar-refractivity contribution in [1.29, 1.82) is 0 Å². The molecular formula is C31H42N12O3. The van der Waals surface area contributed by atoms with E-state index < -0.39 is 17.7 Å². The standard InChI is InChI=1S/C31H42N12O3/c1-5-8-16-32-28-38-29(33-17-9-18-43(6-2)7-3)40-30(39-28)35-21-10-12-22(13-11-21)41-42-26(20(4)44)27(45)34-23-14-15-24-25(19-23)37-31(46)36-24/h10-15,19,26H,5-9,16-18H2,1-4H3,(H,34,45)(H2,36,37,46)(H3,32,33,35,38,39,40). The fourth-order valence-electron chi connectivity index (χ4n) is 4.51. The van der Waals surface area contributed by atoms with Crippen molar-refractivity contribution < 1.29 is 9.59 Å². The number of imidazole rings is 1. The average Bonchev–Trinajstić information content (AvgIpc) is 3.41. The fraction of sp³-hybridized carbons (Fsp3) is 0.419. The number of ketones is 1. The number of amides is 1. The Kier molecular flexibility index (Phi) is 12.3. The maximum atomic E-state index is 12.8. The van der Waals surface area contributed by atoms with Gasteiger partial charge in [0.1, 0.15) is 0 Å². The van der Waals surface area contributed by atoms with Gasteiger partial charge in [0.25, 0.3) is 5.91 Å². The van der Waals surface area contributed by atoms with Gasteiger partial charge in [-0.2, -0.15) is 25.2 Å². The first kappa shape index (κ1) is 33.7. The number of azo groups is 1. The Morgan fingerprint density at radius 1 is 0.848 bits per heavy atom. The maximum Gasteiger partial charge on any atom is 0.323 e. The number of carbonyl (C=O) groups excluding carboxylic acids is 2. The number of anilines is 5. The summed E-state index contributed by atoms with van der Waals surface area (Å²) in [5, 5.41) is 20.6. The highest BCUT2D eigenvalue weighted by molar-refractivity contribution is 6.10. The quantitative estimate of drug-likeness (QED) is 0.0503. The van der Waals surface area contributed by atoms with E-state index in [0.29, 0.717) is 45.9 Å². The molecule has 2 aromatic heterocycles. The van der Waals surface area contributed by atoms with Crippen molar-refractivity contribution in [3.05, 3.63) is 52.9 Å². The van der Waals surface area contributed by atoms with Gasteiger partial charge in [0, 0.05) is 24.5 Å². The summed E-state index contributed by atoms with van der Waals surface area (Å²) in [5.41, 5.74) is 2.33. The monoisotopic (exact) mass is 630 g/mol. The maximum absolute atomic E-state index is 12.8. The fourth-order valence-corrected chi connectivity index (χ4v) is 4.51. The van der Waals surface area contributed by atoms with Crippen molar-refractivity contribution in [3.63, 3.8) is 0 Å². The molecule has 0 bridgehead atoms. The molecule has 1 atom stereocenters. The van der Waals surface area contributed by atoms with Crippen molar-refractivity contribution in [2.45, 2.75) is 53.0 Å². The number of H-pyrrole nitrogens is 2. The summed E-state index contributed by atoms with van der Waals surface area (Å²) in [7, 11) is 0.